The maximum Gasteiger partial charge on any atom is 0.162 e. The fourth-order valence-corrected chi connectivity index (χ4v) is 2.85. The number of hydrazone groups is 1. The minimum absolute atomic E-state index is 0.116. The van der Waals surface area contributed by atoms with E-state index >= 15 is 0 Å². The summed E-state index contributed by atoms with van der Waals surface area (Å²) in [6.45, 7) is 6.05. The van der Waals surface area contributed by atoms with Crippen molar-refractivity contribution in [1.29, 1.82) is 5.26 Å². The summed E-state index contributed by atoms with van der Waals surface area (Å²) in [7, 11) is 0. The summed E-state index contributed by atoms with van der Waals surface area (Å²) < 4.78 is 0.832. The molecule has 0 saturated heterocycles. The van der Waals surface area contributed by atoms with Gasteiger partial charge in [-0.2, -0.15) is 10.4 Å². The van der Waals surface area contributed by atoms with Crippen molar-refractivity contribution in [3.8, 4) is 11.8 Å². The molecule has 0 radical (unpaired) electrons. The van der Waals surface area contributed by atoms with Crippen molar-refractivity contribution in [2.24, 2.45) is 5.10 Å². The molecule has 4 nitrogen and oxygen atoms in total. The zero-order valence-corrected chi connectivity index (χ0v) is 12.8. The molecule has 2 rings (SSSR count). The Labute approximate surface area is 121 Å². The number of hydrogen-bond donors (Lipinski definition) is 1. The molecule has 0 bridgehead atoms. The largest absolute Gasteiger partial charge is 0.508 e. The summed E-state index contributed by atoms with van der Waals surface area (Å²) in [6.07, 6.45) is 0.819. The molecule has 0 amide bonds. The van der Waals surface area contributed by atoms with E-state index in [1.165, 1.54) is 0 Å². The van der Waals surface area contributed by atoms with Crippen LogP contribution in [0.2, 0.25) is 0 Å². The van der Waals surface area contributed by atoms with Crippen LogP contribution in [-0.2, 0) is 0 Å². The van der Waals surface area contributed by atoms with E-state index in [0.29, 0.717) is 5.56 Å². The lowest BCUT2D eigenvalue weighted by Crippen LogP contribution is -2.38. The third-order valence-corrected chi connectivity index (χ3v) is 3.73. The molecule has 0 aliphatic carbocycles. The number of nitrogens with zero attached hydrogens (tertiary/aromatic N) is 3. The lowest BCUT2D eigenvalue weighted by atomic mass is 9.95. The van der Waals surface area contributed by atoms with Crippen molar-refractivity contribution in [2.75, 3.05) is 0 Å². The van der Waals surface area contributed by atoms with Crippen molar-refractivity contribution in [3.05, 3.63) is 28.2 Å². The standard InChI is InChI=1S/C14H16BrN3O/c1-9-7-14(2,3)18(17-9)12(8-16)11-6-10(15)4-5-13(11)19/h4-6,12,19H,7H2,1-3H3. The number of halogens is 1. The number of nitriles is 1. The second-order valence-corrected chi connectivity index (χ2v) is 6.32. The van der Waals surface area contributed by atoms with Crippen LogP contribution in [0.5, 0.6) is 5.75 Å². The van der Waals surface area contributed by atoms with Crippen molar-refractivity contribution in [1.82, 2.24) is 5.01 Å². The first kappa shape index (κ1) is 13.9. The minimum atomic E-state index is -0.593. The first-order valence-corrected chi connectivity index (χ1v) is 6.86. The van der Waals surface area contributed by atoms with Gasteiger partial charge in [-0.25, -0.2) is 0 Å². The molecule has 5 heteroatoms. The molecule has 0 aromatic heterocycles. The molecule has 1 atom stereocenters. The first-order valence-electron chi connectivity index (χ1n) is 6.06. The summed E-state index contributed by atoms with van der Waals surface area (Å²) in [5, 5.41) is 25.7. The Kier molecular flexibility index (Phi) is 3.55. The molecular formula is C14H16BrN3O. The molecule has 100 valence electrons. The SMILES string of the molecule is CC1=NN(C(C#N)c2cc(Br)ccc2O)C(C)(C)C1. The zero-order valence-electron chi connectivity index (χ0n) is 11.2. The third-order valence-electron chi connectivity index (χ3n) is 3.24. The van der Waals surface area contributed by atoms with Crippen molar-refractivity contribution >= 4 is 21.6 Å². The number of phenolic OH excluding ortho intramolecular Hbond substituents is 1. The second-order valence-electron chi connectivity index (χ2n) is 5.40. The predicted octanol–water partition coefficient (Wildman–Crippen LogP) is 3.58. The minimum Gasteiger partial charge on any atom is -0.508 e. The molecule has 0 saturated carbocycles. The smallest absolute Gasteiger partial charge is 0.162 e. The number of rotatable bonds is 2. The predicted molar refractivity (Wildman–Crippen MR) is 77.8 cm³/mol. The van der Waals surface area contributed by atoms with E-state index in [1.807, 2.05) is 20.8 Å². The molecule has 1 aromatic rings. The van der Waals surface area contributed by atoms with Gasteiger partial charge in [-0.05, 0) is 39.0 Å². The molecule has 19 heavy (non-hydrogen) atoms. The fraction of sp³-hybridized carbons (Fsp3) is 0.429. The van der Waals surface area contributed by atoms with Crippen LogP contribution in [0.15, 0.2) is 27.8 Å². The molecule has 0 spiro atoms. The van der Waals surface area contributed by atoms with Gasteiger partial charge in [-0.15, -0.1) is 0 Å². The summed E-state index contributed by atoms with van der Waals surface area (Å²) in [6, 6.07) is 6.75. The van der Waals surface area contributed by atoms with Gasteiger partial charge in [0.15, 0.2) is 6.04 Å². The van der Waals surface area contributed by atoms with Gasteiger partial charge in [0.2, 0.25) is 0 Å². The van der Waals surface area contributed by atoms with E-state index in [0.717, 1.165) is 16.6 Å². The normalized spacial score (nSPS) is 18.9. The highest BCUT2D eigenvalue weighted by atomic mass is 79.9. The summed E-state index contributed by atoms with van der Waals surface area (Å²) in [4.78, 5) is 0. The van der Waals surface area contributed by atoms with Gasteiger partial charge in [0.05, 0.1) is 11.6 Å². The first-order chi connectivity index (χ1) is 8.85. The van der Waals surface area contributed by atoms with Crippen LogP contribution < -0.4 is 0 Å². The van der Waals surface area contributed by atoms with Gasteiger partial charge < -0.3 is 5.11 Å². The van der Waals surface area contributed by atoms with Gasteiger partial charge in [-0.1, -0.05) is 15.9 Å². The monoisotopic (exact) mass is 321 g/mol. The Hall–Kier alpha value is -1.54. The Bertz CT molecular complexity index is 575. The second kappa shape index (κ2) is 4.86. The Morgan fingerprint density at radius 2 is 2.21 bits per heavy atom. The van der Waals surface area contributed by atoms with Crippen LogP contribution in [0.1, 0.15) is 38.8 Å². The molecule has 1 aliphatic heterocycles. The highest BCUT2D eigenvalue weighted by Gasteiger charge is 2.38. The zero-order chi connectivity index (χ0) is 14.2. The average Bonchev–Trinajstić information content (AvgIpc) is 2.58. The molecule has 0 fully saturated rings. The van der Waals surface area contributed by atoms with Crippen LogP contribution in [0.25, 0.3) is 0 Å². The van der Waals surface area contributed by atoms with E-state index in [2.05, 4.69) is 27.1 Å². The number of aromatic hydroxyl groups is 1. The van der Waals surface area contributed by atoms with Crippen LogP contribution in [0, 0.1) is 11.3 Å². The molecule has 1 heterocycles. The maximum absolute atomic E-state index is 9.99. The number of phenols is 1. The number of hydrogen-bond acceptors (Lipinski definition) is 4. The van der Waals surface area contributed by atoms with E-state index in [-0.39, 0.29) is 11.3 Å². The summed E-state index contributed by atoms with van der Waals surface area (Å²) >= 11 is 3.37. The number of benzene rings is 1. The van der Waals surface area contributed by atoms with Crippen LogP contribution in [0.3, 0.4) is 0 Å². The Balaban J connectivity index is 2.47. The van der Waals surface area contributed by atoms with Gasteiger partial charge in [0, 0.05) is 22.2 Å². The topological polar surface area (TPSA) is 59.6 Å². The lowest BCUT2D eigenvalue weighted by Gasteiger charge is -2.34. The molecular weight excluding hydrogens is 306 g/mol. The van der Waals surface area contributed by atoms with Crippen molar-refractivity contribution in [3.63, 3.8) is 0 Å². The molecule has 1 N–H and O–H groups in total. The summed E-state index contributed by atoms with van der Waals surface area (Å²) in [5.74, 6) is 0.116. The molecule has 1 aromatic carbocycles. The van der Waals surface area contributed by atoms with Crippen LogP contribution in [0.4, 0.5) is 0 Å². The molecule has 1 aliphatic rings. The fourth-order valence-electron chi connectivity index (χ4n) is 2.47. The maximum atomic E-state index is 9.99. The van der Waals surface area contributed by atoms with Crippen LogP contribution in [-0.4, -0.2) is 21.4 Å². The third kappa shape index (κ3) is 2.59. The van der Waals surface area contributed by atoms with E-state index in [9.17, 15) is 10.4 Å². The quantitative estimate of drug-likeness (QED) is 0.905. The molecule has 1 unspecified atom stereocenters. The average molecular weight is 322 g/mol. The van der Waals surface area contributed by atoms with E-state index in [4.69, 9.17) is 0 Å². The van der Waals surface area contributed by atoms with E-state index < -0.39 is 6.04 Å². The Morgan fingerprint density at radius 1 is 1.53 bits per heavy atom. The van der Waals surface area contributed by atoms with Gasteiger partial charge in [0.25, 0.3) is 0 Å². The van der Waals surface area contributed by atoms with Crippen LogP contribution >= 0.6 is 15.9 Å². The lowest BCUT2D eigenvalue weighted by molar-refractivity contribution is 0.121. The van der Waals surface area contributed by atoms with Gasteiger partial charge in [0.1, 0.15) is 5.75 Å². The highest BCUT2D eigenvalue weighted by Crippen LogP contribution is 2.38. The Morgan fingerprint density at radius 3 is 2.74 bits per heavy atom. The van der Waals surface area contributed by atoms with Crippen molar-refractivity contribution < 1.29 is 5.11 Å². The van der Waals surface area contributed by atoms with Gasteiger partial charge >= 0.3 is 0 Å². The van der Waals surface area contributed by atoms with Crippen molar-refractivity contribution in [2.45, 2.75) is 38.8 Å². The highest BCUT2D eigenvalue weighted by molar-refractivity contribution is 9.10. The van der Waals surface area contributed by atoms with Gasteiger partial charge in [-0.3, -0.25) is 5.01 Å². The summed E-state index contributed by atoms with van der Waals surface area (Å²) in [5.41, 5.74) is 1.35. The van der Waals surface area contributed by atoms with E-state index in [1.54, 1.807) is 23.2 Å².